The van der Waals surface area contributed by atoms with E-state index in [4.69, 9.17) is 21.6 Å². The highest BCUT2D eigenvalue weighted by molar-refractivity contribution is 6.69. The molecule has 0 atom stereocenters. The number of hydrogen-bond donors (Lipinski definition) is 3. The summed E-state index contributed by atoms with van der Waals surface area (Å²) in [6, 6.07) is 6.98. The van der Waals surface area contributed by atoms with Gasteiger partial charge in [-0.3, -0.25) is 16.9 Å². The van der Waals surface area contributed by atoms with Crippen molar-refractivity contribution < 1.29 is 4.74 Å². The van der Waals surface area contributed by atoms with Crippen molar-refractivity contribution in [3.63, 3.8) is 0 Å². The number of aliphatic imine (C=N–C) groups is 1. The van der Waals surface area contributed by atoms with Crippen LogP contribution in [0.3, 0.4) is 0 Å². The Morgan fingerprint density at radius 2 is 1.95 bits per heavy atom. The Hall–Kier alpha value is -2.25. The number of nitrogens with one attached hydrogen (secondary N) is 1. The minimum absolute atomic E-state index is 0.279. The van der Waals surface area contributed by atoms with Gasteiger partial charge in [0.2, 0.25) is 6.35 Å². The first kappa shape index (κ1) is 13.2. The van der Waals surface area contributed by atoms with Crippen LogP contribution in [0.4, 0.5) is 5.69 Å². The number of benzene rings is 1. The van der Waals surface area contributed by atoms with E-state index in [0.29, 0.717) is 17.1 Å². The molecule has 0 aliphatic carbocycles. The van der Waals surface area contributed by atoms with Crippen LogP contribution in [0.5, 0.6) is 5.75 Å². The number of amidine groups is 1. The van der Waals surface area contributed by atoms with E-state index in [1.807, 2.05) is 6.92 Å². The lowest BCUT2D eigenvalue weighted by Crippen LogP contribution is -2.36. The van der Waals surface area contributed by atoms with E-state index in [1.165, 1.54) is 5.01 Å². The highest BCUT2D eigenvalue weighted by Gasteiger charge is 2.22. The third-order valence-corrected chi connectivity index (χ3v) is 2.54. The highest BCUT2D eigenvalue weighted by atomic mass is 16.5. The molecule has 100 valence electrons. The highest BCUT2D eigenvalue weighted by Crippen LogP contribution is 2.19. The van der Waals surface area contributed by atoms with E-state index in [0.717, 1.165) is 5.71 Å². The Balaban J connectivity index is 2.20. The SMILES string of the molecule is CC1=NN(C)C(=N)C1=Nc1ccc(OC(N)N)cc1. The van der Waals surface area contributed by atoms with Crippen LogP contribution in [0.1, 0.15) is 6.92 Å². The smallest absolute Gasteiger partial charge is 0.201 e. The van der Waals surface area contributed by atoms with E-state index in [2.05, 4.69) is 10.1 Å². The Morgan fingerprint density at radius 3 is 2.42 bits per heavy atom. The van der Waals surface area contributed by atoms with Crippen molar-refractivity contribution in [3.05, 3.63) is 24.3 Å². The van der Waals surface area contributed by atoms with E-state index in [1.54, 1.807) is 31.3 Å². The van der Waals surface area contributed by atoms with Crippen molar-refractivity contribution >= 4 is 22.9 Å². The van der Waals surface area contributed by atoms with Crippen LogP contribution in [0, 0.1) is 5.41 Å². The van der Waals surface area contributed by atoms with Gasteiger partial charge in [0, 0.05) is 7.05 Å². The molecule has 0 radical (unpaired) electrons. The molecule has 1 aliphatic heterocycles. The zero-order valence-corrected chi connectivity index (χ0v) is 10.8. The maximum Gasteiger partial charge on any atom is 0.201 e. The summed E-state index contributed by atoms with van der Waals surface area (Å²) in [7, 11) is 1.72. The van der Waals surface area contributed by atoms with Crippen LogP contribution in [0.25, 0.3) is 0 Å². The fourth-order valence-electron chi connectivity index (χ4n) is 1.67. The van der Waals surface area contributed by atoms with Gasteiger partial charge in [0.1, 0.15) is 11.5 Å². The molecule has 0 aromatic heterocycles. The summed E-state index contributed by atoms with van der Waals surface area (Å²) in [4.78, 5) is 4.39. The molecular formula is C12H16N6O. The van der Waals surface area contributed by atoms with Gasteiger partial charge in [-0.05, 0) is 31.2 Å². The maximum absolute atomic E-state index is 7.85. The molecule has 0 saturated carbocycles. The van der Waals surface area contributed by atoms with Crippen molar-refractivity contribution in [1.29, 1.82) is 5.41 Å². The molecule has 19 heavy (non-hydrogen) atoms. The summed E-state index contributed by atoms with van der Waals surface area (Å²) in [6.45, 7) is 1.82. The second-order valence-electron chi connectivity index (χ2n) is 4.09. The van der Waals surface area contributed by atoms with E-state index < -0.39 is 6.35 Å². The summed E-state index contributed by atoms with van der Waals surface area (Å²) in [5.41, 5.74) is 12.6. The minimum atomic E-state index is -0.844. The topological polar surface area (TPSA) is 113 Å². The molecule has 1 aromatic carbocycles. The monoisotopic (exact) mass is 260 g/mol. The molecule has 0 saturated heterocycles. The first-order valence-corrected chi connectivity index (χ1v) is 5.72. The molecule has 0 bridgehead atoms. The fourth-order valence-corrected chi connectivity index (χ4v) is 1.67. The van der Waals surface area contributed by atoms with Crippen LogP contribution in [0.2, 0.25) is 0 Å². The van der Waals surface area contributed by atoms with Crippen molar-refractivity contribution in [3.8, 4) is 5.75 Å². The second kappa shape index (κ2) is 5.17. The van der Waals surface area contributed by atoms with Gasteiger partial charge in [0.05, 0.1) is 11.4 Å². The molecule has 0 unspecified atom stereocenters. The number of nitrogens with zero attached hydrogens (tertiary/aromatic N) is 3. The Kier molecular flexibility index (Phi) is 3.59. The van der Waals surface area contributed by atoms with Gasteiger partial charge in [-0.1, -0.05) is 0 Å². The van der Waals surface area contributed by atoms with Crippen LogP contribution in [-0.2, 0) is 0 Å². The molecule has 1 heterocycles. The van der Waals surface area contributed by atoms with Gasteiger partial charge in [-0.2, -0.15) is 5.10 Å². The van der Waals surface area contributed by atoms with Gasteiger partial charge in [-0.25, -0.2) is 10.0 Å². The maximum atomic E-state index is 7.85. The molecule has 7 nitrogen and oxygen atoms in total. The molecular weight excluding hydrogens is 244 g/mol. The lowest BCUT2D eigenvalue weighted by atomic mass is 10.2. The summed E-state index contributed by atoms with van der Waals surface area (Å²) >= 11 is 0. The Labute approximate surface area is 111 Å². The molecule has 1 aliphatic rings. The number of hydrogen-bond acceptors (Lipinski definition) is 6. The molecule has 0 spiro atoms. The number of nitrogens with two attached hydrogens (primary N) is 2. The lowest BCUT2D eigenvalue weighted by molar-refractivity contribution is 0.217. The van der Waals surface area contributed by atoms with Gasteiger partial charge >= 0.3 is 0 Å². The molecule has 7 heteroatoms. The number of hydrazone groups is 1. The minimum Gasteiger partial charge on any atom is -0.463 e. The first-order valence-electron chi connectivity index (χ1n) is 5.72. The zero-order chi connectivity index (χ0) is 14.0. The third kappa shape index (κ3) is 2.95. The normalized spacial score (nSPS) is 17.3. The summed E-state index contributed by atoms with van der Waals surface area (Å²) < 4.78 is 5.13. The van der Waals surface area contributed by atoms with Crippen molar-refractivity contribution in [2.45, 2.75) is 13.3 Å². The van der Waals surface area contributed by atoms with Gasteiger partial charge < -0.3 is 4.74 Å². The first-order chi connectivity index (χ1) is 8.97. The van der Waals surface area contributed by atoms with Crippen LogP contribution < -0.4 is 16.2 Å². The van der Waals surface area contributed by atoms with Crippen molar-refractivity contribution in [2.75, 3.05) is 7.05 Å². The van der Waals surface area contributed by atoms with Crippen LogP contribution in [-0.4, -0.2) is 35.7 Å². The number of ether oxygens (including phenoxy) is 1. The summed E-state index contributed by atoms with van der Waals surface area (Å²) in [5.74, 6) is 0.852. The quantitative estimate of drug-likeness (QED) is 0.692. The van der Waals surface area contributed by atoms with Gasteiger partial charge in [0.15, 0.2) is 5.84 Å². The molecule has 0 fully saturated rings. The Bertz CT molecular complexity index is 546. The largest absolute Gasteiger partial charge is 0.463 e. The molecule has 5 N–H and O–H groups in total. The van der Waals surface area contributed by atoms with E-state index in [9.17, 15) is 0 Å². The van der Waals surface area contributed by atoms with E-state index in [-0.39, 0.29) is 5.84 Å². The van der Waals surface area contributed by atoms with Crippen molar-refractivity contribution in [2.24, 2.45) is 21.6 Å². The van der Waals surface area contributed by atoms with E-state index >= 15 is 0 Å². The lowest BCUT2D eigenvalue weighted by Gasteiger charge is -2.09. The average Bonchev–Trinajstić information content (AvgIpc) is 2.58. The van der Waals surface area contributed by atoms with Crippen LogP contribution in [0.15, 0.2) is 34.4 Å². The van der Waals surface area contributed by atoms with Gasteiger partial charge in [-0.15, -0.1) is 0 Å². The average molecular weight is 260 g/mol. The standard InChI is InChI=1S/C12H16N6O/c1-7-10(11(13)18(2)17-7)16-8-3-5-9(6-4-8)19-12(14)15/h3-6,12-13H,14-15H2,1-2H3. The third-order valence-electron chi connectivity index (χ3n) is 2.54. The number of rotatable bonds is 3. The van der Waals surface area contributed by atoms with Gasteiger partial charge in [0.25, 0.3) is 0 Å². The predicted octanol–water partition coefficient (Wildman–Crippen LogP) is 0.637. The molecule has 1 aromatic rings. The zero-order valence-electron chi connectivity index (χ0n) is 10.8. The second-order valence-corrected chi connectivity index (χ2v) is 4.09. The molecule has 0 amide bonds. The molecule has 2 rings (SSSR count). The predicted molar refractivity (Wildman–Crippen MR) is 74.9 cm³/mol. The summed E-state index contributed by atoms with van der Waals surface area (Å²) in [5, 5.41) is 13.5. The summed E-state index contributed by atoms with van der Waals surface area (Å²) in [6.07, 6.45) is -0.844. The van der Waals surface area contributed by atoms with Crippen molar-refractivity contribution in [1.82, 2.24) is 5.01 Å². The Morgan fingerprint density at radius 1 is 1.32 bits per heavy atom. The van der Waals surface area contributed by atoms with Crippen LogP contribution >= 0.6 is 0 Å². The fraction of sp³-hybridized carbons (Fsp3) is 0.250.